The summed E-state index contributed by atoms with van der Waals surface area (Å²) in [5.41, 5.74) is 0.969. The van der Waals surface area contributed by atoms with Gasteiger partial charge in [-0.25, -0.2) is 0 Å². The summed E-state index contributed by atoms with van der Waals surface area (Å²) in [6, 6.07) is 10.3. The number of rotatable bonds is 8. The van der Waals surface area contributed by atoms with E-state index in [4.69, 9.17) is 4.74 Å². The molecule has 2 fully saturated rings. The monoisotopic (exact) mass is 553 g/mol. The van der Waals surface area contributed by atoms with Gasteiger partial charge in [-0.15, -0.1) is 10.2 Å². The smallest absolute Gasteiger partial charge is 0.374 e. The predicted molar refractivity (Wildman–Crippen MR) is 144 cm³/mol. The Hall–Kier alpha value is -3.24. The first-order valence-electron chi connectivity index (χ1n) is 13.9. The molecule has 40 heavy (non-hydrogen) atoms. The molecule has 3 aromatic rings. The van der Waals surface area contributed by atoms with Crippen LogP contribution in [0.3, 0.4) is 0 Å². The Kier molecular flexibility index (Phi) is 6.73. The van der Waals surface area contributed by atoms with Gasteiger partial charge in [-0.2, -0.15) is 13.2 Å². The summed E-state index contributed by atoms with van der Waals surface area (Å²) in [4.78, 5) is 15.0. The standard InChI is InChI=1S/C30H34F3N5O2/c1-28(8-4-9-28)34-17-21-13-23-24(25(14-21)30(31,32)33)18-38(27(23)39)22-7-3-6-20(12-22)15-29(10-5-11-40-29)16-26-36-35-19-37(26)2/h3,6-7,12-14,19,34H,4-5,8-11,15-18H2,1-2H3/t29-/m0/s1. The Morgan fingerprint density at radius 1 is 1.07 bits per heavy atom. The number of alkyl halides is 3. The van der Waals surface area contributed by atoms with E-state index in [1.54, 1.807) is 18.5 Å². The van der Waals surface area contributed by atoms with Crippen molar-refractivity contribution in [2.45, 2.75) is 82.3 Å². The molecule has 10 heteroatoms. The summed E-state index contributed by atoms with van der Waals surface area (Å²) in [6.07, 6.45) is 3.23. The molecule has 1 atom stereocenters. The summed E-state index contributed by atoms with van der Waals surface area (Å²) < 4.78 is 50.6. The summed E-state index contributed by atoms with van der Waals surface area (Å²) in [5.74, 6) is 0.430. The van der Waals surface area contributed by atoms with E-state index in [1.165, 1.54) is 11.0 Å². The van der Waals surface area contributed by atoms with Crippen LogP contribution in [0.1, 0.15) is 77.5 Å². The second-order valence-electron chi connectivity index (χ2n) is 11.8. The van der Waals surface area contributed by atoms with Crippen molar-refractivity contribution in [3.8, 4) is 0 Å². The molecule has 1 N–H and O–H groups in total. The highest BCUT2D eigenvalue weighted by Crippen LogP contribution is 2.41. The fourth-order valence-electron chi connectivity index (χ4n) is 6.29. The van der Waals surface area contributed by atoms with E-state index in [1.807, 2.05) is 29.8 Å². The van der Waals surface area contributed by atoms with Crippen LogP contribution in [0.4, 0.5) is 18.9 Å². The highest BCUT2D eigenvalue weighted by Gasteiger charge is 2.41. The molecule has 1 aliphatic carbocycles. The van der Waals surface area contributed by atoms with Crippen LogP contribution in [-0.4, -0.2) is 38.4 Å². The van der Waals surface area contributed by atoms with Gasteiger partial charge in [0.25, 0.3) is 5.91 Å². The number of carbonyl (C=O) groups excluding carboxylic acids is 1. The maximum absolute atomic E-state index is 14.2. The average Bonchev–Trinajstić information content (AvgIpc) is 3.61. The van der Waals surface area contributed by atoms with E-state index >= 15 is 0 Å². The maximum Gasteiger partial charge on any atom is 0.416 e. The van der Waals surface area contributed by atoms with E-state index in [2.05, 4.69) is 22.4 Å². The number of aryl methyl sites for hydroxylation is 1. The molecule has 212 valence electrons. The van der Waals surface area contributed by atoms with Crippen LogP contribution in [-0.2, 0) is 43.9 Å². The number of hydrogen-bond donors (Lipinski definition) is 1. The number of benzene rings is 2. The number of nitrogens with one attached hydrogen (secondary N) is 1. The quantitative estimate of drug-likeness (QED) is 0.407. The van der Waals surface area contributed by atoms with Crippen LogP contribution in [0.25, 0.3) is 0 Å². The summed E-state index contributed by atoms with van der Waals surface area (Å²) in [5, 5.41) is 11.6. The molecule has 7 nitrogen and oxygen atoms in total. The van der Waals surface area contributed by atoms with Crippen LogP contribution < -0.4 is 10.2 Å². The van der Waals surface area contributed by atoms with E-state index in [0.717, 1.165) is 43.5 Å². The molecule has 2 aromatic carbocycles. The SMILES string of the molecule is Cn1cnnc1C[C@@]1(Cc2cccc(N3Cc4c(cc(CNC5(C)CCC5)cc4C(F)(F)F)C3=O)c2)CCCO1. The number of anilines is 1. The molecular weight excluding hydrogens is 519 g/mol. The van der Waals surface area contributed by atoms with Crippen molar-refractivity contribution >= 4 is 11.6 Å². The number of hydrogen-bond acceptors (Lipinski definition) is 5. The Morgan fingerprint density at radius 3 is 2.55 bits per heavy atom. The van der Waals surface area contributed by atoms with Gasteiger partial charge in [0.2, 0.25) is 0 Å². The van der Waals surface area contributed by atoms with E-state index < -0.39 is 23.2 Å². The van der Waals surface area contributed by atoms with Gasteiger partial charge in [0.1, 0.15) is 12.2 Å². The normalized spacial score (nSPS) is 22.0. The fraction of sp³-hybridized carbons (Fsp3) is 0.500. The molecule has 1 amide bonds. The number of halogens is 3. The molecule has 6 rings (SSSR count). The largest absolute Gasteiger partial charge is 0.416 e. The second-order valence-corrected chi connectivity index (χ2v) is 11.8. The van der Waals surface area contributed by atoms with Crippen molar-refractivity contribution in [3.63, 3.8) is 0 Å². The van der Waals surface area contributed by atoms with Gasteiger partial charge in [-0.05, 0) is 80.0 Å². The minimum Gasteiger partial charge on any atom is -0.374 e. The molecular formula is C30H34F3N5O2. The van der Waals surface area contributed by atoms with Crippen molar-refractivity contribution in [1.29, 1.82) is 0 Å². The lowest BCUT2D eigenvalue weighted by Gasteiger charge is -2.39. The molecule has 1 saturated carbocycles. The van der Waals surface area contributed by atoms with Crippen molar-refractivity contribution in [1.82, 2.24) is 20.1 Å². The molecule has 0 unspecified atom stereocenters. The van der Waals surface area contributed by atoms with Crippen molar-refractivity contribution in [2.24, 2.45) is 7.05 Å². The van der Waals surface area contributed by atoms with Crippen molar-refractivity contribution in [2.75, 3.05) is 11.5 Å². The molecule has 0 bridgehead atoms. The molecule has 3 heterocycles. The lowest BCUT2D eigenvalue weighted by molar-refractivity contribution is -0.138. The minimum absolute atomic E-state index is 0.0411. The van der Waals surface area contributed by atoms with Crippen LogP contribution in [0.5, 0.6) is 0 Å². The minimum atomic E-state index is -4.55. The van der Waals surface area contributed by atoms with Gasteiger partial charge in [0.05, 0.1) is 17.7 Å². The number of fused-ring (bicyclic) bond motifs is 1. The van der Waals surface area contributed by atoms with E-state index in [0.29, 0.717) is 37.2 Å². The highest BCUT2D eigenvalue weighted by molar-refractivity contribution is 6.10. The summed E-state index contributed by atoms with van der Waals surface area (Å²) in [7, 11) is 1.90. The third-order valence-corrected chi connectivity index (χ3v) is 8.80. The second kappa shape index (κ2) is 9.99. The predicted octanol–water partition coefficient (Wildman–Crippen LogP) is 5.36. The molecule has 0 spiro atoms. The Bertz CT molecular complexity index is 1420. The number of carbonyl (C=O) groups is 1. The first-order chi connectivity index (χ1) is 19.0. The average molecular weight is 554 g/mol. The van der Waals surface area contributed by atoms with E-state index in [9.17, 15) is 18.0 Å². The first-order valence-corrected chi connectivity index (χ1v) is 13.9. The third-order valence-electron chi connectivity index (χ3n) is 8.80. The van der Waals surface area contributed by atoms with Gasteiger partial charge in [-0.3, -0.25) is 4.79 Å². The Labute approximate surface area is 231 Å². The van der Waals surface area contributed by atoms with Gasteiger partial charge in [0.15, 0.2) is 0 Å². The van der Waals surface area contributed by atoms with Crippen LogP contribution >= 0.6 is 0 Å². The van der Waals surface area contributed by atoms with Gasteiger partial charge >= 0.3 is 6.18 Å². The number of nitrogens with zero attached hydrogens (tertiary/aromatic N) is 4. The number of amides is 1. The lowest BCUT2D eigenvalue weighted by atomic mass is 9.78. The number of ether oxygens (including phenoxy) is 1. The molecule has 0 radical (unpaired) electrons. The van der Waals surface area contributed by atoms with Gasteiger partial charge in [0, 0.05) is 49.8 Å². The topological polar surface area (TPSA) is 72.3 Å². The first kappa shape index (κ1) is 27.0. The Balaban J connectivity index is 1.26. The summed E-state index contributed by atoms with van der Waals surface area (Å²) in [6.45, 7) is 2.93. The van der Waals surface area contributed by atoms with Crippen LogP contribution in [0.15, 0.2) is 42.7 Å². The maximum atomic E-state index is 14.2. The number of aromatic nitrogens is 3. The van der Waals surface area contributed by atoms with Crippen LogP contribution in [0, 0.1) is 0 Å². The van der Waals surface area contributed by atoms with Gasteiger partial charge < -0.3 is 19.5 Å². The lowest BCUT2D eigenvalue weighted by Crippen LogP contribution is -2.47. The van der Waals surface area contributed by atoms with Crippen molar-refractivity contribution < 1.29 is 22.7 Å². The molecule has 3 aliphatic rings. The van der Waals surface area contributed by atoms with E-state index in [-0.39, 0.29) is 23.2 Å². The Morgan fingerprint density at radius 2 is 1.90 bits per heavy atom. The molecule has 1 saturated heterocycles. The van der Waals surface area contributed by atoms with Gasteiger partial charge in [-0.1, -0.05) is 12.1 Å². The third kappa shape index (κ3) is 5.14. The fourth-order valence-corrected chi connectivity index (χ4v) is 6.29. The highest BCUT2D eigenvalue weighted by atomic mass is 19.4. The zero-order chi connectivity index (χ0) is 28.1. The van der Waals surface area contributed by atoms with Crippen LogP contribution in [0.2, 0.25) is 0 Å². The zero-order valence-electron chi connectivity index (χ0n) is 22.9. The summed E-state index contributed by atoms with van der Waals surface area (Å²) >= 11 is 0. The molecule has 1 aromatic heterocycles. The van der Waals surface area contributed by atoms with Crippen molar-refractivity contribution in [3.05, 3.63) is 76.4 Å². The molecule has 2 aliphatic heterocycles. The zero-order valence-corrected chi connectivity index (χ0v) is 22.9.